The van der Waals surface area contributed by atoms with Gasteiger partial charge in [0.2, 0.25) is 0 Å². The van der Waals surface area contributed by atoms with E-state index in [0.29, 0.717) is 11.5 Å². The maximum absolute atomic E-state index is 13.5. The molecule has 42 heavy (non-hydrogen) atoms. The van der Waals surface area contributed by atoms with Crippen molar-refractivity contribution in [2.75, 3.05) is 30.4 Å². The Morgan fingerprint density at radius 2 is 1.48 bits per heavy atom. The second-order valence-electron chi connectivity index (χ2n) is 11.5. The number of hydrogen-bond acceptors (Lipinski definition) is 4. The van der Waals surface area contributed by atoms with Crippen LogP contribution in [0.3, 0.4) is 0 Å². The maximum Gasteiger partial charge on any atom is 0.313 e. The van der Waals surface area contributed by atoms with E-state index in [-0.39, 0.29) is 23.7 Å². The summed E-state index contributed by atoms with van der Waals surface area (Å²) >= 11 is 0. The minimum atomic E-state index is -0.240. The first-order valence-corrected chi connectivity index (χ1v) is 14.8. The third-order valence-electron chi connectivity index (χ3n) is 8.50. The van der Waals surface area contributed by atoms with Gasteiger partial charge >= 0.3 is 5.97 Å². The van der Waals surface area contributed by atoms with E-state index in [1.165, 1.54) is 12.7 Å². The van der Waals surface area contributed by atoms with Gasteiger partial charge in [-0.05, 0) is 89.8 Å². The fourth-order valence-corrected chi connectivity index (χ4v) is 6.11. The van der Waals surface area contributed by atoms with Crippen LogP contribution in [0.5, 0.6) is 0 Å². The minimum absolute atomic E-state index is 0.120. The molecule has 1 unspecified atom stereocenters. The summed E-state index contributed by atoms with van der Waals surface area (Å²) in [6.07, 6.45) is 1.81. The van der Waals surface area contributed by atoms with E-state index in [1.54, 1.807) is 0 Å². The molecule has 0 aromatic heterocycles. The van der Waals surface area contributed by atoms with Gasteiger partial charge in [-0.25, -0.2) is 0 Å². The standard InChI is InChI=1S/C37H40N2O3/c1-25(2)27-13-15-29(16-14-27)34-26(3)9-8-12-33(34)36(40)38-31-17-19-32(20-18-31)39-23-21-30(22-24-39)35(37(41)42-4)28-10-6-5-7-11-28/h5-20,25,30,35H,21-24H2,1-4H3,(H,38,40). The number of benzene rings is 4. The Morgan fingerprint density at radius 1 is 0.810 bits per heavy atom. The van der Waals surface area contributed by atoms with E-state index in [4.69, 9.17) is 4.74 Å². The predicted octanol–water partition coefficient (Wildman–Crippen LogP) is 8.21. The lowest BCUT2D eigenvalue weighted by atomic mass is 9.80. The normalized spacial score (nSPS) is 14.5. The second-order valence-corrected chi connectivity index (χ2v) is 11.5. The highest BCUT2D eigenvalue weighted by molar-refractivity contribution is 6.09. The van der Waals surface area contributed by atoms with E-state index >= 15 is 0 Å². The van der Waals surface area contributed by atoms with E-state index in [0.717, 1.165) is 59.6 Å². The van der Waals surface area contributed by atoms with Gasteiger partial charge in [0.1, 0.15) is 0 Å². The number of anilines is 2. The molecule has 0 aliphatic carbocycles. The highest BCUT2D eigenvalue weighted by Gasteiger charge is 2.33. The summed E-state index contributed by atoms with van der Waals surface area (Å²) in [6, 6.07) is 32.4. The number of ether oxygens (including phenoxy) is 1. The Labute approximate surface area is 249 Å². The van der Waals surface area contributed by atoms with Gasteiger partial charge in [-0.2, -0.15) is 0 Å². The van der Waals surface area contributed by atoms with Gasteiger partial charge in [0, 0.05) is 30.0 Å². The van der Waals surface area contributed by atoms with Crippen molar-refractivity contribution in [3.63, 3.8) is 0 Å². The molecule has 4 aromatic carbocycles. The van der Waals surface area contributed by atoms with Crippen LogP contribution >= 0.6 is 0 Å². The SMILES string of the molecule is COC(=O)C(c1ccccc1)C1CCN(c2ccc(NC(=O)c3cccc(C)c3-c3ccc(C(C)C)cc3)cc2)CC1. The number of nitrogens with zero attached hydrogens (tertiary/aromatic N) is 1. The Bertz CT molecular complexity index is 1500. The van der Waals surface area contributed by atoms with Crippen molar-refractivity contribution in [3.05, 3.63) is 119 Å². The molecule has 0 bridgehead atoms. The highest BCUT2D eigenvalue weighted by atomic mass is 16.5. The summed E-state index contributed by atoms with van der Waals surface area (Å²) in [5.74, 6) is 0.170. The molecule has 1 aliphatic heterocycles. The Hall–Kier alpha value is -4.38. The third kappa shape index (κ3) is 6.41. The summed E-state index contributed by atoms with van der Waals surface area (Å²) in [7, 11) is 1.47. The molecular formula is C37H40N2O3. The molecule has 0 radical (unpaired) electrons. The number of hydrogen-bond donors (Lipinski definition) is 1. The Balaban J connectivity index is 1.25. The molecule has 5 rings (SSSR count). The van der Waals surface area contributed by atoms with Crippen molar-refractivity contribution in [2.45, 2.75) is 45.4 Å². The number of esters is 1. The average Bonchev–Trinajstić information content (AvgIpc) is 3.02. The molecule has 1 atom stereocenters. The van der Waals surface area contributed by atoms with Crippen molar-refractivity contribution in [2.24, 2.45) is 5.92 Å². The van der Waals surface area contributed by atoms with E-state index < -0.39 is 0 Å². The van der Waals surface area contributed by atoms with Crippen LogP contribution in [0.2, 0.25) is 0 Å². The summed E-state index contributed by atoms with van der Waals surface area (Å²) in [4.78, 5) is 28.5. The molecule has 1 aliphatic rings. The molecular weight excluding hydrogens is 520 g/mol. The molecule has 216 valence electrons. The van der Waals surface area contributed by atoms with Crippen molar-refractivity contribution in [1.82, 2.24) is 0 Å². The van der Waals surface area contributed by atoms with E-state index in [1.807, 2.05) is 67.6 Å². The first-order chi connectivity index (χ1) is 20.4. The molecule has 1 saturated heterocycles. The lowest BCUT2D eigenvalue weighted by Gasteiger charge is -2.36. The van der Waals surface area contributed by atoms with Crippen LogP contribution in [0.25, 0.3) is 11.1 Å². The highest BCUT2D eigenvalue weighted by Crippen LogP contribution is 2.35. The van der Waals surface area contributed by atoms with Gasteiger partial charge in [-0.1, -0.05) is 80.6 Å². The number of amides is 1. The number of carbonyl (C=O) groups is 2. The first kappa shape index (κ1) is 29.1. The van der Waals surface area contributed by atoms with Crippen molar-refractivity contribution in [1.29, 1.82) is 0 Å². The number of carbonyl (C=O) groups excluding carboxylic acids is 2. The fourth-order valence-electron chi connectivity index (χ4n) is 6.11. The number of nitrogens with one attached hydrogen (secondary N) is 1. The van der Waals surface area contributed by atoms with Crippen LogP contribution in [0.1, 0.15) is 65.6 Å². The monoisotopic (exact) mass is 560 g/mol. The maximum atomic E-state index is 13.5. The zero-order chi connectivity index (χ0) is 29.6. The molecule has 4 aromatic rings. The van der Waals surface area contributed by atoms with E-state index in [2.05, 4.69) is 60.5 Å². The fraction of sp³-hybridized carbons (Fsp3) is 0.297. The number of aryl methyl sites for hydroxylation is 1. The zero-order valence-electron chi connectivity index (χ0n) is 25.0. The van der Waals surface area contributed by atoms with Gasteiger partial charge in [0.15, 0.2) is 0 Å². The molecule has 1 fully saturated rings. The Kier molecular flexibility index (Phi) is 9.06. The smallest absolute Gasteiger partial charge is 0.313 e. The lowest BCUT2D eigenvalue weighted by Crippen LogP contribution is -2.37. The van der Waals surface area contributed by atoms with Crippen molar-refractivity contribution >= 4 is 23.3 Å². The minimum Gasteiger partial charge on any atom is -0.469 e. The molecule has 1 N–H and O–H groups in total. The van der Waals surface area contributed by atoms with Crippen LogP contribution in [-0.2, 0) is 9.53 Å². The predicted molar refractivity (Wildman–Crippen MR) is 171 cm³/mol. The zero-order valence-corrected chi connectivity index (χ0v) is 25.0. The van der Waals surface area contributed by atoms with Crippen LogP contribution < -0.4 is 10.2 Å². The summed E-state index contributed by atoms with van der Waals surface area (Å²) in [5, 5.41) is 3.11. The number of piperidine rings is 1. The van der Waals surface area contributed by atoms with Gasteiger partial charge in [0.25, 0.3) is 5.91 Å². The average molecular weight is 561 g/mol. The largest absolute Gasteiger partial charge is 0.469 e. The van der Waals surface area contributed by atoms with E-state index in [9.17, 15) is 9.59 Å². The topological polar surface area (TPSA) is 58.6 Å². The molecule has 1 heterocycles. The van der Waals surface area contributed by atoms with Gasteiger partial charge < -0.3 is 15.0 Å². The van der Waals surface area contributed by atoms with Crippen molar-refractivity contribution < 1.29 is 14.3 Å². The van der Waals surface area contributed by atoms with Gasteiger partial charge in [-0.15, -0.1) is 0 Å². The third-order valence-corrected chi connectivity index (χ3v) is 8.50. The summed E-state index contributed by atoms with van der Waals surface area (Å²) in [5.41, 5.74) is 7.92. The number of rotatable bonds is 8. The second kappa shape index (κ2) is 13.1. The summed E-state index contributed by atoms with van der Waals surface area (Å²) < 4.78 is 5.17. The summed E-state index contributed by atoms with van der Waals surface area (Å²) in [6.45, 7) is 8.13. The Morgan fingerprint density at radius 3 is 2.10 bits per heavy atom. The van der Waals surface area contributed by atoms with Crippen molar-refractivity contribution in [3.8, 4) is 11.1 Å². The van der Waals surface area contributed by atoms with Crippen LogP contribution in [-0.4, -0.2) is 32.1 Å². The van der Waals surface area contributed by atoms with Crippen LogP contribution in [0, 0.1) is 12.8 Å². The quantitative estimate of drug-likeness (QED) is 0.221. The number of methoxy groups -OCH3 is 1. The van der Waals surface area contributed by atoms with Crippen LogP contribution in [0.15, 0.2) is 97.1 Å². The first-order valence-electron chi connectivity index (χ1n) is 14.8. The molecule has 0 spiro atoms. The molecule has 1 amide bonds. The molecule has 0 saturated carbocycles. The molecule has 5 nitrogen and oxygen atoms in total. The van der Waals surface area contributed by atoms with Crippen LogP contribution in [0.4, 0.5) is 11.4 Å². The molecule has 5 heteroatoms. The van der Waals surface area contributed by atoms with Gasteiger partial charge in [-0.3, -0.25) is 9.59 Å². The van der Waals surface area contributed by atoms with Gasteiger partial charge in [0.05, 0.1) is 13.0 Å². The lowest BCUT2D eigenvalue weighted by molar-refractivity contribution is -0.144.